The summed E-state index contributed by atoms with van der Waals surface area (Å²) in [5.74, 6) is 0.953. The second-order valence-electron chi connectivity index (χ2n) is 11.3. The number of piperazine rings is 1. The monoisotopic (exact) mass is 553 g/mol. The van der Waals surface area contributed by atoms with Gasteiger partial charge in [0.15, 0.2) is 11.5 Å². The minimum atomic E-state index is -0.493. The third-order valence-corrected chi connectivity index (χ3v) is 8.72. The lowest BCUT2D eigenvalue weighted by atomic mass is 9.75. The number of anilines is 1. The van der Waals surface area contributed by atoms with Gasteiger partial charge in [-0.1, -0.05) is 30.3 Å². The van der Waals surface area contributed by atoms with Gasteiger partial charge in [-0.2, -0.15) is 0 Å². The number of nitrogens with zero attached hydrogens (tertiary/aromatic N) is 3. The van der Waals surface area contributed by atoms with Crippen LogP contribution in [0.25, 0.3) is 0 Å². The quantitative estimate of drug-likeness (QED) is 0.411. The molecule has 0 N–H and O–H groups in total. The van der Waals surface area contributed by atoms with E-state index in [0.29, 0.717) is 56.3 Å². The Balaban J connectivity index is 1.38. The summed E-state index contributed by atoms with van der Waals surface area (Å²) in [5.41, 5.74) is 5.97. The lowest BCUT2D eigenvalue weighted by Crippen LogP contribution is -2.57. The second-order valence-corrected chi connectivity index (χ2v) is 11.3. The molecule has 7 nitrogen and oxygen atoms in total. The lowest BCUT2D eigenvalue weighted by molar-refractivity contribution is -0.135. The second kappa shape index (κ2) is 11.1. The van der Waals surface area contributed by atoms with E-state index in [4.69, 9.17) is 9.47 Å². The molecule has 0 aliphatic carbocycles. The molecule has 3 atom stereocenters. The molecule has 0 bridgehead atoms. The van der Waals surface area contributed by atoms with Crippen LogP contribution in [0.1, 0.15) is 65.3 Å². The summed E-state index contributed by atoms with van der Waals surface area (Å²) in [6.45, 7) is 11.8. The van der Waals surface area contributed by atoms with Crippen molar-refractivity contribution in [3.8, 4) is 11.5 Å². The van der Waals surface area contributed by atoms with Crippen molar-refractivity contribution in [1.82, 2.24) is 9.80 Å². The SMILES string of the molecule is CCOc1cc2c(cc1OCC)[C@@H]1[C@@H](C(=O)N3CCN(c4cccc(C)c4)[C@@H](C)C3)c3ccccc3C(=O)N1CC2. The van der Waals surface area contributed by atoms with Crippen molar-refractivity contribution >= 4 is 17.5 Å². The summed E-state index contributed by atoms with van der Waals surface area (Å²) in [6, 6.07) is 20.1. The summed E-state index contributed by atoms with van der Waals surface area (Å²) >= 11 is 0. The minimum Gasteiger partial charge on any atom is -0.490 e. The van der Waals surface area contributed by atoms with E-state index in [-0.39, 0.29) is 17.9 Å². The van der Waals surface area contributed by atoms with E-state index in [1.165, 1.54) is 11.3 Å². The van der Waals surface area contributed by atoms with Crippen molar-refractivity contribution in [2.75, 3.05) is 44.3 Å². The summed E-state index contributed by atoms with van der Waals surface area (Å²) in [6.07, 6.45) is 0.708. The van der Waals surface area contributed by atoms with Gasteiger partial charge in [-0.3, -0.25) is 9.59 Å². The molecule has 3 heterocycles. The molecule has 41 heavy (non-hydrogen) atoms. The molecule has 3 aromatic carbocycles. The zero-order chi connectivity index (χ0) is 28.7. The molecule has 0 unspecified atom stereocenters. The molecule has 7 heteroatoms. The van der Waals surface area contributed by atoms with Gasteiger partial charge in [-0.25, -0.2) is 0 Å². The first-order chi connectivity index (χ1) is 19.9. The molecule has 0 saturated carbocycles. The maximum absolute atomic E-state index is 14.6. The highest BCUT2D eigenvalue weighted by Gasteiger charge is 2.48. The Kier molecular flexibility index (Phi) is 7.37. The van der Waals surface area contributed by atoms with E-state index >= 15 is 0 Å². The molecular formula is C34H39N3O4. The first-order valence-electron chi connectivity index (χ1n) is 14.9. The molecule has 0 spiro atoms. The topological polar surface area (TPSA) is 62.3 Å². The van der Waals surface area contributed by atoms with Crippen LogP contribution in [0.3, 0.4) is 0 Å². The molecule has 214 valence electrons. The van der Waals surface area contributed by atoms with Gasteiger partial charge >= 0.3 is 0 Å². The Hall–Kier alpha value is -4.00. The molecule has 3 aliphatic heterocycles. The van der Waals surface area contributed by atoms with Crippen LogP contribution >= 0.6 is 0 Å². The maximum Gasteiger partial charge on any atom is 0.254 e. The summed E-state index contributed by atoms with van der Waals surface area (Å²) in [7, 11) is 0. The largest absolute Gasteiger partial charge is 0.490 e. The fourth-order valence-corrected chi connectivity index (χ4v) is 6.88. The van der Waals surface area contributed by atoms with Gasteiger partial charge in [0, 0.05) is 43.5 Å². The van der Waals surface area contributed by atoms with E-state index in [1.54, 1.807) is 0 Å². The number of aryl methyl sites for hydroxylation is 1. The number of rotatable bonds is 6. The number of amides is 2. The van der Waals surface area contributed by atoms with E-state index in [2.05, 4.69) is 49.1 Å². The van der Waals surface area contributed by atoms with Gasteiger partial charge in [-0.15, -0.1) is 0 Å². The predicted molar refractivity (Wildman–Crippen MR) is 160 cm³/mol. The molecule has 2 amide bonds. The van der Waals surface area contributed by atoms with Crippen LogP contribution < -0.4 is 14.4 Å². The molecule has 0 radical (unpaired) electrons. The molecule has 1 fully saturated rings. The molecule has 1 saturated heterocycles. The van der Waals surface area contributed by atoms with Gasteiger partial charge in [0.2, 0.25) is 5.91 Å². The number of carbonyl (C=O) groups is 2. The first kappa shape index (κ1) is 27.2. The molecule has 0 aromatic heterocycles. The Morgan fingerprint density at radius 1 is 0.878 bits per heavy atom. The number of fused-ring (bicyclic) bond motifs is 4. The fourth-order valence-electron chi connectivity index (χ4n) is 6.88. The number of ether oxygens (including phenoxy) is 2. The first-order valence-corrected chi connectivity index (χ1v) is 14.9. The third-order valence-electron chi connectivity index (χ3n) is 8.72. The van der Waals surface area contributed by atoms with Crippen LogP contribution in [0, 0.1) is 6.92 Å². The van der Waals surface area contributed by atoms with Gasteiger partial charge in [-0.05, 0) is 86.7 Å². The number of hydrogen-bond donors (Lipinski definition) is 0. The van der Waals surface area contributed by atoms with Crippen molar-refractivity contribution in [1.29, 1.82) is 0 Å². The van der Waals surface area contributed by atoms with Crippen molar-refractivity contribution in [2.45, 2.75) is 52.1 Å². The Morgan fingerprint density at radius 3 is 2.37 bits per heavy atom. The van der Waals surface area contributed by atoms with Crippen LogP contribution in [0.15, 0.2) is 60.7 Å². The van der Waals surface area contributed by atoms with Crippen molar-refractivity contribution in [2.24, 2.45) is 0 Å². The van der Waals surface area contributed by atoms with E-state index in [9.17, 15) is 9.59 Å². The molecule has 6 rings (SSSR count). The summed E-state index contributed by atoms with van der Waals surface area (Å²) in [5, 5.41) is 0. The standard InChI is InChI=1S/C34H39N3O4/c1-5-40-29-19-24-14-15-37-32(28(24)20-30(29)41-6-2)31(26-12-7-8-13-27(26)33(37)38)34(39)35-16-17-36(23(4)21-35)25-11-9-10-22(3)18-25/h7-13,18-20,23,31-32H,5-6,14-17,21H2,1-4H3/t23-,31-,32+/m0/s1. The fraction of sp³-hybridized carbons (Fsp3) is 0.412. The molecular weight excluding hydrogens is 514 g/mol. The van der Waals surface area contributed by atoms with Crippen LogP contribution in [0.5, 0.6) is 11.5 Å². The Labute approximate surface area is 242 Å². The van der Waals surface area contributed by atoms with Crippen LogP contribution in [0.4, 0.5) is 5.69 Å². The zero-order valence-electron chi connectivity index (χ0n) is 24.4. The Morgan fingerprint density at radius 2 is 1.63 bits per heavy atom. The summed E-state index contributed by atoms with van der Waals surface area (Å²) < 4.78 is 11.9. The smallest absolute Gasteiger partial charge is 0.254 e. The van der Waals surface area contributed by atoms with Crippen molar-refractivity contribution in [3.63, 3.8) is 0 Å². The highest BCUT2D eigenvalue weighted by atomic mass is 16.5. The number of benzene rings is 3. The van der Waals surface area contributed by atoms with Gasteiger partial charge in [0.05, 0.1) is 25.2 Å². The van der Waals surface area contributed by atoms with E-state index in [0.717, 1.165) is 23.2 Å². The van der Waals surface area contributed by atoms with Crippen molar-refractivity contribution in [3.05, 3.63) is 88.5 Å². The highest BCUT2D eigenvalue weighted by molar-refractivity contribution is 6.01. The number of carbonyl (C=O) groups excluding carboxylic acids is 2. The number of hydrogen-bond acceptors (Lipinski definition) is 5. The summed E-state index contributed by atoms with van der Waals surface area (Å²) in [4.78, 5) is 34.7. The minimum absolute atomic E-state index is 0.00946. The molecule has 3 aromatic rings. The van der Waals surface area contributed by atoms with Crippen LogP contribution in [0.2, 0.25) is 0 Å². The average molecular weight is 554 g/mol. The van der Waals surface area contributed by atoms with Crippen molar-refractivity contribution < 1.29 is 19.1 Å². The van der Waals surface area contributed by atoms with Gasteiger partial charge in [0.25, 0.3) is 5.91 Å². The maximum atomic E-state index is 14.6. The highest BCUT2D eigenvalue weighted by Crippen LogP contribution is 2.49. The van der Waals surface area contributed by atoms with E-state index in [1.807, 2.05) is 54.0 Å². The third kappa shape index (κ3) is 4.81. The average Bonchev–Trinajstić information content (AvgIpc) is 2.97. The van der Waals surface area contributed by atoms with Gasteiger partial charge in [0.1, 0.15) is 0 Å². The van der Waals surface area contributed by atoms with Gasteiger partial charge < -0.3 is 24.2 Å². The van der Waals surface area contributed by atoms with Crippen LogP contribution in [-0.2, 0) is 11.2 Å². The zero-order valence-corrected chi connectivity index (χ0v) is 24.4. The van der Waals surface area contributed by atoms with E-state index < -0.39 is 12.0 Å². The normalized spacial score (nSPS) is 21.6. The Bertz CT molecular complexity index is 1470. The molecule has 3 aliphatic rings. The lowest BCUT2D eigenvalue weighted by Gasteiger charge is -2.48. The predicted octanol–water partition coefficient (Wildman–Crippen LogP) is 5.37. The van der Waals surface area contributed by atoms with Crippen LogP contribution in [-0.4, -0.2) is 67.0 Å².